The number of piperidine rings is 2. The van der Waals surface area contributed by atoms with Crippen molar-refractivity contribution in [2.45, 2.75) is 31.6 Å². The van der Waals surface area contributed by atoms with Gasteiger partial charge in [0, 0.05) is 49.2 Å². The molecule has 0 atom stereocenters. The van der Waals surface area contributed by atoms with Crippen LogP contribution < -0.4 is 10.2 Å². The lowest BCUT2D eigenvalue weighted by Gasteiger charge is -2.33. The van der Waals surface area contributed by atoms with E-state index < -0.39 is 0 Å². The van der Waals surface area contributed by atoms with Gasteiger partial charge in [-0.2, -0.15) is 0 Å². The number of benzene rings is 2. The van der Waals surface area contributed by atoms with Gasteiger partial charge >= 0.3 is 0 Å². The number of para-hydroxylation sites is 2. The van der Waals surface area contributed by atoms with Crippen LogP contribution in [0, 0.1) is 5.92 Å². The fourth-order valence-electron chi connectivity index (χ4n) is 5.71. The van der Waals surface area contributed by atoms with Crippen LogP contribution in [-0.2, 0) is 4.79 Å². The van der Waals surface area contributed by atoms with Gasteiger partial charge in [-0.25, -0.2) is 4.98 Å². The number of rotatable bonds is 6. The van der Waals surface area contributed by atoms with E-state index in [0.717, 1.165) is 62.8 Å². The molecule has 36 heavy (non-hydrogen) atoms. The van der Waals surface area contributed by atoms with E-state index in [9.17, 15) is 4.79 Å². The number of hydrogen-bond donors (Lipinski definition) is 2. The Hall–Kier alpha value is -2.61. The second-order valence-corrected chi connectivity index (χ2v) is 10.9. The molecular formula is C28H34ClN5OS. The molecule has 6 rings (SSSR count). The van der Waals surface area contributed by atoms with Gasteiger partial charge in [0.15, 0.2) is 5.13 Å². The van der Waals surface area contributed by atoms with E-state index in [1.165, 1.54) is 34.0 Å². The van der Waals surface area contributed by atoms with Crippen molar-refractivity contribution in [3.05, 3.63) is 60.3 Å². The van der Waals surface area contributed by atoms with Gasteiger partial charge in [0.2, 0.25) is 5.91 Å². The van der Waals surface area contributed by atoms with E-state index in [1.54, 1.807) is 11.3 Å². The molecule has 4 aromatic rings. The third-order valence-electron chi connectivity index (χ3n) is 7.79. The normalized spacial score (nSPS) is 17.9. The highest BCUT2D eigenvalue weighted by Gasteiger charge is 2.27. The third-order valence-corrected chi connectivity index (χ3v) is 8.89. The van der Waals surface area contributed by atoms with E-state index in [-0.39, 0.29) is 24.2 Å². The summed E-state index contributed by atoms with van der Waals surface area (Å²) in [5.74, 6) is 0.966. The molecule has 2 fully saturated rings. The van der Waals surface area contributed by atoms with Crippen molar-refractivity contribution in [2.75, 3.05) is 44.2 Å². The molecule has 2 aromatic heterocycles. The Balaban J connectivity index is 0.00000267. The number of carbonyl (C=O) groups excluding carboxylic acids is 1. The Bertz CT molecular complexity index is 1270. The summed E-state index contributed by atoms with van der Waals surface area (Å²) in [4.78, 5) is 25.8. The molecule has 2 saturated heterocycles. The molecule has 4 heterocycles. The summed E-state index contributed by atoms with van der Waals surface area (Å²) in [6.07, 6.45) is 6.36. The summed E-state index contributed by atoms with van der Waals surface area (Å²) in [6, 6.07) is 16.9. The van der Waals surface area contributed by atoms with Crippen LogP contribution in [0.5, 0.6) is 0 Å². The number of fused-ring (bicyclic) bond motifs is 2. The summed E-state index contributed by atoms with van der Waals surface area (Å²) < 4.78 is 1.23. The van der Waals surface area contributed by atoms with Crippen LogP contribution in [-0.4, -0.2) is 60.0 Å². The number of carbonyl (C=O) groups is 1. The Morgan fingerprint density at radius 1 is 1.00 bits per heavy atom. The van der Waals surface area contributed by atoms with Gasteiger partial charge in [-0.1, -0.05) is 41.7 Å². The fraction of sp³-hybridized carbons (Fsp3) is 0.429. The molecule has 2 aliphatic heterocycles. The van der Waals surface area contributed by atoms with Gasteiger partial charge in [-0.05, 0) is 68.5 Å². The molecule has 6 nitrogen and oxygen atoms in total. The number of halogens is 1. The molecule has 1 amide bonds. The smallest absolute Gasteiger partial charge is 0.223 e. The number of nitrogens with one attached hydrogen (secondary N) is 2. The topological polar surface area (TPSA) is 64.3 Å². The molecule has 0 unspecified atom stereocenters. The fourth-order valence-corrected chi connectivity index (χ4v) is 6.73. The maximum atomic E-state index is 12.8. The first-order valence-electron chi connectivity index (χ1n) is 12.9. The Labute approximate surface area is 222 Å². The average Bonchev–Trinajstić information content (AvgIpc) is 3.54. The molecule has 2 N–H and O–H groups in total. The number of amides is 1. The summed E-state index contributed by atoms with van der Waals surface area (Å²) in [5, 5.41) is 5.67. The number of likely N-dealkylation sites (tertiary alicyclic amines) is 1. The first-order valence-corrected chi connectivity index (χ1v) is 13.7. The van der Waals surface area contributed by atoms with E-state index in [4.69, 9.17) is 4.98 Å². The average molecular weight is 524 g/mol. The van der Waals surface area contributed by atoms with Crippen LogP contribution >= 0.6 is 23.7 Å². The van der Waals surface area contributed by atoms with Gasteiger partial charge in [-0.15, -0.1) is 12.4 Å². The standard InChI is InChI=1S/C28H33N5OS.ClH/c34-27(21-11-16-33(17-12-21)28-31-25-7-3-4-8-26(25)35-28)29-13-18-32-14-9-20(10-15-32)23-19-30-24-6-2-1-5-22(23)24;/h1-8,19-21,30H,9-18H2,(H,29,34);1H. The lowest BCUT2D eigenvalue weighted by atomic mass is 9.89. The summed E-state index contributed by atoms with van der Waals surface area (Å²) in [6.45, 7) is 5.69. The van der Waals surface area contributed by atoms with Gasteiger partial charge in [-0.3, -0.25) is 4.79 Å². The second-order valence-electron chi connectivity index (χ2n) is 9.92. The number of anilines is 1. The number of H-pyrrole nitrogens is 1. The molecular weight excluding hydrogens is 490 g/mol. The van der Waals surface area contributed by atoms with Crippen molar-refractivity contribution in [1.29, 1.82) is 0 Å². The second kappa shape index (κ2) is 11.2. The van der Waals surface area contributed by atoms with Crippen LogP contribution in [0.4, 0.5) is 5.13 Å². The minimum Gasteiger partial charge on any atom is -0.361 e. The van der Waals surface area contributed by atoms with Gasteiger partial charge in [0.25, 0.3) is 0 Å². The molecule has 8 heteroatoms. The van der Waals surface area contributed by atoms with E-state index in [0.29, 0.717) is 5.92 Å². The molecule has 2 aromatic carbocycles. The highest BCUT2D eigenvalue weighted by molar-refractivity contribution is 7.22. The van der Waals surface area contributed by atoms with Crippen LogP contribution in [0.3, 0.4) is 0 Å². The third kappa shape index (κ3) is 5.24. The largest absolute Gasteiger partial charge is 0.361 e. The highest BCUT2D eigenvalue weighted by Crippen LogP contribution is 2.33. The van der Waals surface area contributed by atoms with Gasteiger partial charge in [0.1, 0.15) is 0 Å². The zero-order chi connectivity index (χ0) is 23.6. The van der Waals surface area contributed by atoms with Crippen LogP contribution in [0.15, 0.2) is 54.7 Å². The van der Waals surface area contributed by atoms with E-state index >= 15 is 0 Å². The minimum atomic E-state index is 0. The van der Waals surface area contributed by atoms with Gasteiger partial charge < -0.3 is 20.1 Å². The first kappa shape index (κ1) is 25.1. The van der Waals surface area contributed by atoms with E-state index in [1.807, 2.05) is 6.07 Å². The monoisotopic (exact) mass is 523 g/mol. The highest BCUT2D eigenvalue weighted by atomic mass is 35.5. The molecule has 0 spiro atoms. The lowest BCUT2D eigenvalue weighted by molar-refractivity contribution is -0.125. The van der Waals surface area contributed by atoms with E-state index in [2.05, 4.69) is 68.8 Å². The SMILES string of the molecule is Cl.O=C(NCCN1CCC(c2c[nH]c3ccccc23)CC1)C1CCN(c2nc3ccccc3s2)CC1. The number of thiazole rings is 1. The first-order chi connectivity index (χ1) is 17.2. The van der Waals surface area contributed by atoms with Crippen LogP contribution in [0.1, 0.15) is 37.2 Å². The molecule has 2 aliphatic rings. The van der Waals surface area contributed by atoms with Crippen molar-refractivity contribution in [3.63, 3.8) is 0 Å². The van der Waals surface area contributed by atoms with Crippen LogP contribution in [0.25, 0.3) is 21.1 Å². The maximum Gasteiger partial charge on any atom is 0.223 e. The van der Waals surface area contributed by atoms with Crippen molar-refractivity contribution < 1.29 is 4.79 Å². The number of hydrogen-bond acceptors (Lipinski definition) is 5. The predicted octanol–water partition coefficient (Wildman–Crippen LogP) is 5.41. The summed E-state index contributed by atoms with van der Waals surface area (Å²) in [7, 11) is 0. The summed E-state index contributed by atoms with van der Waals surface area (Å²) >= 11 is 1.75. The molecule has 0 aliphatic carbocycles. The zero-order valence-electron chi connectivity index (χ0n) is 20.5. The molecule has 190 valence electrons. The summed E-state index contributed by atoms with van der Waals surface area (Å²) in [5.41, 5.74) is 3.77. The van der Waals surface area contributed by atoms with Crippen molar-refractivity contribution in [1.82, 2.24) is 20.2 Å². The molecule has 0 saturated carbocycles. The van der Waals surface area contributed by atoms with Crippen molar-refractivity contribution in [2.24, 2.45) is 5.92 Å². The number of nitrogens with zero attached hydrogens (tertiary/aromatic N) is 3. The van der Waals surface area contributed by atoms with Crippen molar-refractivity contribution >= 4 is 55.9 Å². The zero-order valence-corrected chi connectivity index (χ0v) is 22.1. The predicted molar refractivity (Wildman–Crippen MR) is 152 cm³/mol. The Morgan fingerprint density at radius 3 is 2.56 bits per heavy atom. The van der Waals surface area contributed by atoms with Gasteiger partial charge in [0.05, 0.1) is 10.2 Å². The Morgan fingerprint density at radius 2 is 1.75 bits per heavy atom. The quantitative estimate of drug-likeness (QED) is 0.354. The van der Waals surface area contributed by atoms with Crippen LogP contribution in [0.2, 0.25) is 0 Å². The van der Waals surface area contributed by atoms with Crippen molar-refractivity contribution in [3.8, 4) is 0 Å². The lowest BCUT2D eigenvalue weighted by Crippen LogP contribution is -2.43. The minimum absolute atomic E-state index is 0. The Kier molecular flexibility index (Phi) is 7.79. The number of aromatic amines is 1. The molecule has 0 bridgehead atoms. The maximum absolute atomic E-state index is 12.8. The number of aromatic nitrogens is 2. The molecule has 0 radical (unpaired) electrons.